The monoisotopic (exact) mass is 366 g/mol. The van der Waals surface area contributed by atoms with Crippen molar-refractivity contribution in [2.24, 2.45) is 5.41 Å². The number of aryl methyl sites for hydroxylation is 1. The summed E-state index contributed by atoms with van der Waals surface area (Å²) in [6.07, 6.45) is 0.578. The molecule has 1 aliphatic rings. The first-order valence-electron chi connectivity index (χ1n) is 8.77. The first-order chi connectivity index (χ1) is 12.8. The Balaban J connectivity index is 1.77. The van der Waals surface area contributed by atoms with Gasteiger partial charge in [0.05, 0.1) is 5.41 Å². The highest BCUT2D eigenvalue weighted by Gasteiger charge is 2.45. The van der Waals surface area contributed by atoms with Gasteiger partial charge >= 0.3 is 5.97 Å². The molecule has 6 heteroatoms. The molecular formula is C21H22N2O4. The Bertz CT molecular complexity index is 895. The molecule has 2 amide bonds. The lowest BCUT2D eigenvalue weighted by atomic mass is 9.81. The van der Waals surface area contributed by atoms with E-state index in [-0.39, 0.29) is 18.2 Å². The minimum absolute atomic E-state index is 0.110. The van der Waals surface area contributed by atoms with Crippen molar-refractivity contribution in [3.63, 3.8) is 0 Å². The van der Waals surface area contributed by atoms with E-state index in [1.807, 2.05) is 31.2 Å². The number of carboxylic acid groups (broad SMARTS) is 1. The number of carboxylic acids is 1. The summed E-state index contributed by atoms with van der Waals surface area (Å²) in [5.74, 6) is -1.52. The van der Waals surface area contributed by atoms with Gasteiger partial charge in [-0.15, -0.1) is 0 Å². The zero-order valence-electron chi connectivity index (χ0n) is 15.3. The first kappa shape index (κ1) is 18.6. The number of fused-ring (bicyclic) bond motifs is 1. The molecule has 1 aliphatic carbocycles. The average Bonchev–Trinajstić information content (AvgIpc) is 2.96. The van der Waals surface area contributed by atoms with Crippen LogP contribution in [-0.4, -0.2) is 22.9 Å². The number of rotatable bonds is 5. The maximum atomic E-state index is 12.7. The Hall–Kier alpha value is -3.15. The molecule has 0 unspecified atom stereocenters. The third kappa shape index (κ3) is 4.00. The highest BCUT2D eigenvalue weighted by Crippen LogP contribution is 2.40. The number of aliphatic carboxylic acids is 1. The average molecular weight is 366 g/mol. The van der Waals surface area contributed by atoms with Crippen molar-refractivity contribution in [1.29, 1.82) is 0 Å². The standard InChI is InChI=1S/C21H22N2O4/c1-13-7-8-17(22-14(2)24)9-18(13)23-19(25)12-21(20(26)27)10-15-5-3-4-6-16(15)11-21/h3-9H,10-12H2,1-2H3,(H,22,24)(H,23,25)(H,26,27). The predicted octanol–water partition coefficient (Wildman–Crippen LogP) is 3.15. The molecular weight excluding hydrogens is 344 g/mol. The van der Waals surface area contributed by atoms with Crippen LogP contribution >= 0.6 is 0 Å². The Morgan fingerprint density at radius 3 is 2.22 bits per heavy atom. The van der Waals surface area contributed by atoms with E-state index in [2.05, 4.69) is 10.6 Å². The second kappa shape index (κ2) is 7.23. The lowest BCUT2D eigenvalue weighted by Crippen LogP contribution is -2.36. The molecule has 0 aromatic heterocycles. The predicted molar refractivity (Wildman–Crippen MR) is 103 cm³/mol. The second-order valence-electron chi connectivity index (χ2n) is 7.14. The molecule has 0 bridgehead atoms. The number of benzene rings is 2. The van der Waals surface area contributed by atoms with Crippen LogP contribution in [0.4, 0.5) is 11.4 Å². The molecule has 27 heavy (non-hydrogen) atoms. The van der Waals surface area contributed by atoms with Crippen molar-refractivity contribution in [2.45, 2.75) is 33.1 Å². The van der Waals surface area contributed by atoms with Gasteiger partial charge in [0.1, 0.15) is 0 Å². The number of carbonyl (C=O) groups is 3. The normalized spacial score (nSPS) is 14.3. The van der Waals surface area contributed by atoms with Crippen molar-refractivity contribution < 1.29 is 19.5 Å². The third-order valence-electron chi connectivity index (χ3n) is 4.96. The van der Waals surface area contributed by atoms with Gasteiger partial charge in [0, 0.05) is 24.7 Å². The van der Waals surface area contributed by atoms with Crippen LogP contribution in [0.15, 0.2) is 42.5 Å². The minimum Gasteiger partial charge on any atom is -0.481 e. The van der Waals surface area contributed by atoms with Crippen LogP contribution in [0.5, 0.6) is 0 Å². The van der Waals surface area contributed by atoms with E-state index >= 15 is 0 Å². The molecule has 140 valence electrons. The van der Waals surface area contributed by atoms with E-state index in [4.69, 9.17) is 0 Å². The van der Waals surface area contributed by atoms with Gasteiger partial charge in [-0.2, -0.15) is 0 Å². The van der Waals surface area contributed by atoms with Gasteiger partial charge in [-0.1, -0.05) is 30.3 Å². The van der Waals surface area contributed by atoms with Crippen molar-refractivity contribution in [2.75, 3.05) is 10.6 Å². The SMILES string of the molecule is CC(=O)Nc1ccc(C)c(NC(=O)CC2(C(=O)O)Cc3ccccc3C2)c1. The molecule has 6 nitrogen and oxygen atoms in total. The van der Waals surface area contributed by atoms with E-state index in [1.165, 1.54) is 6.92 Å². The van der Waals surface area contributed by atoms with E-state index in [1.54, 1.807) is 18.2 Å². The van der Waals surface area contributed by atoms with Gasteiger partial charge < -0.3 is 15.7 Å². The van der Waals surface area contributed by atoms with Crippen LogP contribution in [0.3, 0.4) is 0 Å². The van der Waals surface area contributed by atoms with E-state index < -0.39 is 11.4 Å². The maximum Gasteiger partial charge on any atom is 0.310 e. The number of anilines is 2. The van der Waals surface area contributed by atoms with E-state index in [0.717, 1.165) is 16.7 Å². The lowest BCUT2D eigenvalue weighted by molar-refractivity contribution is -0.150. The summed E-state index contributed by atoms with van der Waals surface area (Å²) in [6, 6.07) is 12.8. The number of hydrogen-bond donors (Lipinski definition) is 3. The molecule has 0 radical (unpaired) electrons. The highest BCUT2D eigenvalue weighted by atomic mass is 16.4. The smallest absolute Gasteiger partial charge is 0.310 e. The molecule has 0 fully saturated rings. The van der Waals surface area contributed by atoms with E-state index in [0.29, 0.717) is 24.2 Å². The fourth-order valence-corrected chi connectivity index (χ4v) is 3.59. The maximum absolute atomic E-state index is 12.7. The van der Waals surface area contributed by atoms with Gasteiger partial charge in [-0.05, 0) is 48.6 Å². The Kier molecular flexibility index (Phi) is 4.99. The molecule has 0 atom stereocenters. The fourth-order valence-electron chi connectivity index (χ4n) is 3.59. The summed E-state index contributed by atoms with van der Waals surface area (Å²) >= 11 is 0. The Morgan fingerprint density at radius 1 is 1.04 bits per heavy atom. The van der Waals surface area contributed by atoms with Crippen LogP contribution in [0.1, 0.15) is 30.0 Å². The van der Waals surface area contributed by atoms with Crippen LogP contribution in [-0.2, 0) is 27.2 Å². The van der Waals surface area contributed by atoms with Crippen molar-refractivity contribution in [1.82, 2.24) is 0 Å². The fraction of sp³-hybridized carbons (Fsp3) is 0.286. The van der Waals surface area contributed by atoms with Gasteiger partial charge in [0.15, 0.2) is 0 Å². The number of carbonyl (C=O) groups excluding carboxylic acids is 2. The van der Waals surface area contributed by atoms with Crippen LogP contribution in [0, 0.1) is 12.3 Å². The number of amides is 2. The Morgan fingerprint density at radius 2 is 1.67 bits per heavy atom. The molecule has 0 saturated heterocycles. The molecule has 2 aromatic rings. The van der Waals surface area contributed by atoms with Crippen molar-refractivity contribution in [3.05, 3.63) is 59.2 Å². The summed E-state index contributed by atoms with van der Waals surface area (Å²) in [5, 5.41) is 15.3. The molecule has 2 aromatic carbocycles. The molecule has 3 N–H and O–H groups in total. The highest BCUT2D eigenvalue weighted by molar-refractivity contribution is 5.96. The summed E-state index contributed by atoms with van der Waals surface area (Å²) in [6.45, 7) is 3.25. The lowest BCUT2D eigenvalue weighted by Gasteiger charge is -2.23. The summed E-state index contributed by atoms with van der Waals surface area (Å²) < 4.78 is 0. The molecule has 0 saturated carbocycles. The number of hydrogen-bond acceptors (Lipinski definition) is 3. The van der Waals surface area contributed by atoms with E-state index in [9.17, 15) is 19.5 Å². The summed E-state index contributed by atoms with van der Waals surface area (Å²) in [4.78, 5) is 35.9. The van der Waals surface area contributed by atoms with Crippen molar-refractivity contribution >= 4 is 29.2 Å². The number of nitrogens with one attached hydrogen (secondary N) is 2. The van der Waals surface area contributed by atoms with Gasteiger partial charge in [-0.3, -0.25) is 14.4 Å². The van der Waals surface area contributed by atoms with Gasteiger partial charge in [0.2, 0.25) is 11.8 Å². The molecule has 0 spiro atoms. The third-order valence-corrected chi connectivity index (χ3v) is 4.96. The molecule has 0 aliphatic heterocycles. The van der Waals surface area contributed by atoms with Crippen molar-refractivity contribution in [3.8, 4) is 0 Å². The second-order valence-corrected chi connectivity index (χ2v) is 7.14. The first-order valence-corrected chi connectivity index (χ1v) is 8.77. The zero-order valence-corrected chi connectivity index (χ0v) is 15.3. The molecule has 0 heterocycles. The summed E-state index contributed by atoms with van der Waals surface area (Å²) in [7, 11) is 0. The quantitative estimate of drug-likeness (QED) is 0.757. The topological polar surface area (TPSA) is 95.5 Å². The largest absolute Gasteiger partial charge is 0.481 e. The summed E-state index contributed by atoms with van der Waals surface area (Å²) in [5.41, 5.74) is 2.80. The van der Waals surface area contributed by atoms with Crippen LogP contribution in [0.2, 0.25) is 0 Å². The zero-order chi connectivity index (χ0) is 19.6. The minimum atomic E-state index is -1.13. The molecule has 3 rings (SSSR count). The van der Waals surface area contributed by atoms with Gasteiger partial charge in [-0.25, -0.2) is 0 Å². The van der Waals surface area contributed by atoms with Gasteiger partial charge in [0.25, 0.3) is 0 Å². The van der Waals surface area contributed by atoms with Crippen LogP contribution in [0.25, 0.3) is 0 Å². The Labute approximate surface area is 157 Å². The van der Waals surface area contributed by atoms with Crippen LogP contribution < -0.4 is 10.6 Å².